The minimum absolute atomic E-state index is 0.485. The fraction of sp³-hybridized carbons (Fsp3) is 0.727. The Morgan fingerprint density at radius 1 is 1.43 bits per heavy atom. The molecule has 0 atom stereocenters. The van der Waals surface area contributed by atoms with Crippen LogP contribution in [0.1, 0.15) is 37.9 Å². The monoisotopic (exact) mass is 196 g/mol. The van der Waals surface area contributed by atoms with Crippen LogP contribution in [0.25, 0.3) is 0 Å². The second kappa shape index (κ2) is 3.71. The molecule has 1 saturated carbocycles. The number of hydrogen-bond acceptors (Lipinski definition) is 1. The van der Waals surface area contributed by atoms with Crippen LogP contribution in [-0.2, 0) is 6.54 Å². The molecule has 1 aliphatic rings. The lowest BCUT2D eigenvalue weighted by molar-refractivity contribution is 0.0850. The number of hydrogen-bond donors (Lipinski definition) is 0. The third-order valence-electron chi connectivity index (χ3n) is 3.13. The van der Waals surface area contributed by atoms with Crippen LogP contribution in [0.2, 0.25) is 0 Å². The van der Waals surface area contributed by atoms with Gasteiger partial charge >= 0.3 is 0 Å². The average molecular weight is 196 g/mol. The summed E-state index contributed by atoms with van der Waals surface area (Å²) in [6.07, 6.45) is 8.28. The number of rotatable bonds is 2. The van der Waals surface area contributed by atoms with E-state index in [1.165, 1.54) is 6.42 Å². The van der Waals surface area contributed by atoms with E-state index in [1.807, 2.05) is 17.7 Å². The molecule has 0 aromatic carbocycles. The van der Waals surface area contributed by atoms with Gasteiger partial charge in [-0.2, -0.15) is 0 Å². The Kier molecular flexibility index (Phi) is 2.57. The van der Waals surface area contributed by atoms with E-state index in [-0.39, 0.29) is 0 Å². The minimum Gasteiger partial charge on any atom is -0.332 e. The van der Waals surface area contributed by atoms with Crippen molar-refractivity contribution in [3.8, 4) is 0 Å². The maximum Gasteiger partial charge on any atom is 0.128 e. The molecule has 0 N–H and O–H groups in total. The van der Waals surface area contributed by atoms with Gasteiger partial charge in [0, 0.05) is 12.4 Å². The summed E-state index contributed by atoms with van der Waals surface area (Å²) in [7, 11) is 0. The molecule has 0 saturated heterocycles. The van der Waals surface area contributed by atoms with E-state index >= 15 is 0 Å². The molecule has 0 radical (unpaired) electrons. The molecule has 2 nitrogen and oxygen atoms in total. The molecule has 14 heavy (non-hydrogen) atoms. The minimum atomic E-state index is -0.982. The number of halogens is 1. The Morgan fingerprint density at radius 2 is 2.14 bits per heavy atom. The highest BCUT2D eigenvalue weighted by Gasteiger charge is 2.32. The van der Waals surface area contributed by atoms with E-state index in [0.717, 1.165) is 18.7 Å². The van der Waals surface area contributed by atoms with Crippen molar-refractivity contribution in [3.63, 3.8) is 0 Å². The number of aromatic nitrogens is 2. The molecule has 1 fully saturated rings. The quantitative estimate of drug-likeness (QED) is 0.711. The molecule has 78 valence electrons. The average Bonchev–Trinajstić information content (AvgIpc) is 2.52. The molecular formula is C11H17FN2. The molecular weight excluding hydrogens is 179 g/mol. The molecule has 0 aliphatic heterocycles. The molecule has 2 rings (SSSR count). The molecule has 0 spiro atoms. The van der Waals surface area contributed by atoms with Crippen molar-refractivity contribution in [3.05, 3.63) is 18.2 Å². The second-order valence-electron chi connectivity index (χ2n) is 4.31. The van der Waals surface area contributed by atoms with E-state index in [1.54, 1.807) is 6.20 Å². The first-order valence-electron chi connectivity index (χ1n) is 5.36. The van der Waals surface area contributed by atoms with Crippen LogP contribution in [0.3, 0.4) is 0 Å². The largest absolute Gasteiger partial charge is 0.332 e. The zero-order valence-corrected chi connectivity index (χ0v) is 8.67. The third kappa shape index (κ3) is 1.97. The van der Waals surface area contributed by atoms with E-state index < -0.39 is 5.67 Å². The van der Waals surface area contributed by atoms with Crippen LogP contribution in [0.5, 0.6) is 0 Å². The number of imidazole rings is 1. The number of aryl methyl sites for hydroxylation is 1. The van der Waals surface area contributed by atoms with Gasteiger partial charge in [0.25, 0.3) is 0 Å². The highest BCUT2D eigenvalue weighted by atomic mass is 19.1. The highest BCUT2D eigenvalue weighted by Crippen LogP contribution is 2.33. The summed E-state index contributed by atoms with van der Waals surface area (Å²) in [6, 6.07) is 0. The van der Waals surface area contributed by atoms with Gasteiger partial charge in [0.15, 0.2) is 0 Å². The van der Waals surface area contributed by atoms with Crippen LogP contribution >= 0.6 is 0 Å². The fourth-order valence-electron chi connectivity index (χ4n) is 2.22. The SMILES string of the molecule is Cc1nccn1CC1(F)CCCCC1. The third-order valence-corrected chi connectivity index (χ3v) is 3.13. The molecule has 1 aromatic rings. The number of nitrogens with zero attached hydrogens (tertiary/aromatic N) is 2. The van der Waals surface area contributed by atoms with Gasteiger partial charge in [0.2, 0.25) is 0 Å². The predicted octanol–water partition coefficient (Wildman–Crippen LogP) is 2.86. The lowest BCUT2D eigenvalue weighted by Gasteiger charge is -2.30. The molecule has 0 bridgehead atoms. The zero-order chi connectivity index (χ0) is 10.0. The van der Waals surface area contributed by atoms with Gasteiger partial charge in [-0.3, -0.25) is 0 Å². The van der Waals surface area contributed by atoms with Crippen molar-refractivity contribution >= 4 is 0 Å². The summed E-state index contributed by atoms with van der Waals surface area (Å²) < 4.78 is 16.2. The smallest absolute Gasteiger partial charge is 0.128 e. The summed E-state index contributed by atoms with van der Waals surface area (Å²) >= 11 is 0. The zero-order valence-electron chi connectivity index (χ0n) is 8.67. The van der Waals surface area contributed by atoms with E-state index in [4.69, 9.17) is 0 Å². The van der Waals surface area contributed by atoms with Gasteiger partial charge in [-0.1, -0.05) is 19.3 Å². The Morgan fingerprint density at radius 3 is 2.71 bits per heavy atom. The second-order valence-corrected chi connectivity index (χ2v) is 4.31. The van der Waals surface area contributed by atoms with Gasteiger partial charge in [0.1, 0.15) is 11.5 Å². The molecule has 1 aromatic heterocycles. The van der Waals surface area contributed by atoms with Gasteiger partial charge in [-0.15, -0.1) is 0 Å². The van der Waals surface area contributed by atoms with Crippen LogP contribution in [0, 0.1) is 6.92 Å². The van der Waals surface area contributed by atoms with Gasteiger partial charge in [-0.05, 0) is 19.8 Å². The first-order chi connectivity index (χ1) is 6.70. The van der Waals surface area contributed by atoms with Gasteiger partial charge in [-0.25, -0.2) is 9.37 Å². The van der Waals surface area contributed by atoms with Gasteiger partial charge in [0.05, 0.1) is 6.54 Å². The Labute approximate surface area is 84.1 Å². The van der Waals surface area contributed by atoms with E-state index in [9.17, 15) is 4.39 Å². The fourth-order valence-corrected chi connectivity index (χ4v) is 2.22. The highest BCUT2D eigenvalue weighted by molar-refractivity contribution is 4.93. The summed E-state index contributed by atoms with van der Waals surface area (Å²) in [4.78, 5) is 4.11. The van der Waals surface area contributed by atoms with Crippen LogP contribution in [0.4, 0.5) is 4.39 Å². The standard InChI is InChI=1S/C11H17FN2/c1-10-13-7-8-14(10)9-11(12)5-3-2-4-6-11/h7-8H,2-6,9H2,1H3. The molecule has 3 heteroatoms. The summed E-state index contributed by atoms with van der Waals surface area (Å²) in [5.74, 6) is 0.910. The summed E-state index contributed by atoms with van der Waals surface area (Å²) in [5, 5.41) is 0. The molecule has 0 amide bonds. The van der Waals surface area contributed by atoms with Crippen LogP contribution in [0.15, 0.2) is 12.4 Å². The first-order valence-corrected chi connectivity index (χ1v) is 5.36. The van der Waals surface area contributed by atoms with E-state index in [2.05, 4.69) is 4.98 Å². The summed E-state index contributed by atoms with van der Waals surface area (Å²) in [5.41, 5.74) is -0.982. The molecule has 0 unspecified atom stereocenters. The normalized spacial score (nSPS) is 21.0. The van der Waals surface area contributed by atoms with Crippen molar-refractivity contribution in [2.75, 3.05) is 0 Å². The Hall–Kier alpha value is -0.860. The van der Waals surface area contributed by atoms with Crippen molar-refractivity contribution < 1.29 is 4.39 Å². The predicted molar refractivity (Wildman–Crippen MR) is 53.9 cm³/mol. The van der Waals surface area contributed by atoms with Crippen LogP contribution in [-0.4, -0.2) is 15.2 Å². The van der Waals surface area contributed by atoms with Crippen molar-refractivity contribution in [1.82, 2.24) is 9.55 Å². The molecule has 1 heterocycles. The van der Waals surface area contributed by atoms with Crippen LogP contribution < -0.4 is 0 Å². The number of alkyl halides is 1. The lowest BCUT2D eigenvalue weighted by atomic mass is 9.86. The molecule has 1 aliphatic carbocycles. The maximum atomic E-state index is 14.3. The van der Waals surface area contributed by atoms with E-state index in [0.29, 0.717) is 19.4 Å². The Bertz CT molecular complexity index is 300. The maximum absolute atomic E-state index is 14.3. The Balaban J connectivity index is 2.05. The first kappa shape index (κ1) is 9.69. The lowest BCUT2D eigenvalue weighted by Crippen LogP contribution is -2.31. The van der Waals surface area contributed by atoms with Crippen molar-refractivity contribution in [2.24, 2.45) is 0 Å². The summed E-state index contributed by atoms with van der Waals surface area (Å²) in [6.45, 7) is 2.41. The van der Waals surface area contributed by atoms with Crippen molar-refractivity contribution in [1.29, 1.82) is 0 Å². The topological polar surface area (TPSA) is 17.8 Å². The van der Waals surface area contributed by atoms with Gasteiger partial charge < -0.3 is 4.57 Å². The van der Waals surface area contributed by atoms with Crippen molar-refractivity contribution in [2.45, 2.75) is 51.2 Å².